The van der Waals surface area contributed by atoms with E-state index in [0.717, 1.165) is 23.8 Å². The van der Waals surface area contributed by atoms with Crippen molar-refractivity contribution in [2.24, 2.45) is 5.73 Å². The molecule has 0 fully saturated rings. The van der Waals surface area contributed by atoms with Crippen LogP contribution in [0.1, 0.15) is 5.56 Å². The molecule has 0 bridgehead atoms. The topological polar surface area (TPSA) is 41.3 Å². The third kappa shape index (κ3) is 2.00. The summed E-state index contributed by atoms with van der Waals surface area (Å²) in [4.78, 5) is 2.18. The van der Waals surface area contributed by atoms with Gasteiger partial charge in [0.1, 0.15) is 0 Å². The monoisotopic (exact) mass is 211 g/mol. The lowest BCUT2D eigenvalue weighted by Crippen LogP contribution is -2.38. The maximum absolute atomic E-state index is 5.94. The highest BCUT2D eigenvalue weighted by molar-refractivity contribution is 6.30. The van der Waals surface area contributed by atoms with Crippen LogP contribution in [0.15, 0.2) is 18.2 Å². The summed E-state index contributed by atoms with van der Waals surface area (Å²) in [6.07, 6.45) is -0.0116. The van der Waals surface area contributed by atoms with Crippen LogP contribution in [0.5, 0.6) is 0 Å². The van der Waals surface area contributed by atoms with Crippen molar-refractivity contribution in [2.45, 2.75) is 12.7 Å². The molecule has 0 radical (unpaired) electrons. The van der Waals surface area contributed by atoms with E-state index < -0.39 is 0 Å². The molecule has 1 atom stereocenters. The first kappa shape index (κ1) is 9.77. The molecule has 0 aromatic heterocycles. The van der Waals surface area contributed by atoms with Crippen molar-refractivity contribution >= 4 is 17.3 Å². The summed E-state index contributed by atoms with van der Waals surface area (Å²) in [6.45, 7) is 1.73. The minimum absolute atomic E-state index is 0.0116. The summed E-state index contributed by atoms with van der Waals surface area (Å²) in [5.41, 5.74) is 8.18. The van der Waals surface area contributed by atoms with Crippen LogP contribution in [0.3, 0.4) is 0 Å². The Balaban J connectivity index is 2.36. The third-order valence-corrected chi connectivity index (χ3v) is 2.59. The number of nitrogens with two attached hydrogens (primary N) is 1. The van der Waals surface area contributed by atoms with Crippen molar-refractivity contribution in [3.8, 4) is 0 Å². The Morgan fingerprint density at radius 2 is 2.36 bits per heavy atom. The highest BCUT2D eigenvalue weighted by Gasteiger charge is 2.15. The van der Waals surface area contributed by atoms with Gasteiger partial charge in [0, 0.05) is 23.8 Å². The summed E-state index contributed by atoms with van der Waals surface area (Å²) in [7, 11) is 2.05. The van der Waals surface area contributed by atoms with Crippen LogP contribution in [0.4, 0.5) is 5.69 Å². The minimum Gasteiger partial charge on any atom is -0.369 e. The number of halogens is 1. The lowest BCUT2D eigenvalue weighted by Gasteiger charge is -2.16. The Kier molecular flexibility index (Phi) is 2.63. The summed E-state index contributed by atoms with van der Waals surface area (Å²) >= 11 is 5.94. The van der Waals surface area contributed by atoms with Gasteiger partial charge >= 0.3 is 0 Å². The second-order valence-electron chi connectivity index (χ2n) is 3.75. The van der Waals surface area contributed by atoms with Crippen LogP contribution in [0.25, 0.3) is 0 Å². The van der Waals surface area contributed by atoms with Crippen molar-refractivity contribution in [1.82, 2.24) is 4.90 Å². The van der Waals surface area contributed by atoms with Crippen molar-refractivity contribution in [3.63, 3.8) is 0 Å². The van der Waals surface area contributed by atoms with Gasteiger partial charge in [0.15, 0.2) is 0 Å². The average molecular weight is 212 g/mol. The molecule has 0 saturated carbocycles. The Bertz CT molecular complexity index is 340. The van der Waals surface area contributed by atoms with Gasteiger partial charge in [0.25, 0.3) is 0 Å². The zero-order chi connectivity index (χ0) is 10.1. The molecule has 0 amide bonds. The molecule has 1 aromatic carbocycles. The molecule has 0 saturated heterocycles. The lowest BCUT2D eigenvalue weighted by atomic mass is 10.2. The number of hydrogen-bond donors (Lipinski definition) is 2. The van der Waals surface area contributed by atoms with Crippen molar-refractivity contribution < 1.29 is 0 Å². The highest BCUT2D eigenvalue weighted by atomic mass is 35.5. The van der Waals surface area contributed by atoms with Gasteiger partial charge in [0.2, 0.25) is 0 Å². The quantitative estimate of drug-likeness (QED) is 0.683. The van der Waals surface area contributed by atoms with Gasteiger partial charge in [0.05, 0.1) is 6.17 Å². The Morgan fingerprint density at radius 1 is 1.57 bits per heavy atom. The molecule has 3 N–H and O–H groups in total. The smallest absolute Gasteiger partial charge is 0.0873 e. The first-order chi connectivity index (χ1) is 6.65. The fourth-order valence-electron chi connectivity index (χ4n) is 1.77. The normalized spacial score (nSPS) is 22.4. The number of anilines is 1. The highest BCUT2D eigenvalue weighted by Crippen LogP contribution is 2.24. The maximum atomic E-state index is 5.94. The summed E-state index contributed by atoms with van der Waals surface area (Å²) in [6, 6.07) is 5.85. The van der Waals surface area contributed by atoms with Crippen LogP contribution in [-0.4, -0.2) is 24.7 Å². The van der Waals surface area contributed by atoms with E-state index in [9.17, 15) is 0 Å². The molecule has 0 spiro atoms. The van der Waals surface area contributed by atoms with Crippen LogP contribution < -0.4 is 11.1 Å². The summed E-state index contributed by atoms with van der Waals surface area (Å²) in [5, 5.41) is 4.03. The molecule has 1 heterocycles. The third-order valence-electron chi connectivity index (χ3n) is 2.36. The summed E-state index contributed by atoms with van der Waals surface area (Å²) < 4.78 is 0. The Morgan fingerprint density at radius 3 is 3.14 bits per heavy atom. The standard InChI is InChI=1S/C10H14ClN3/c1-14-5-7-4-8(11)2-3-9(7)13-10(12)6-14/h2-4,10,13H,5-6,12H2,1H3. The van der Waals surface area contributed by atoms with E-state index in [1.807, 2.05) is 18.2 Å². The summed E-state index contributed by atoms with van der Waals surface area (Å²) in [5.74, 6) is 0. The van der Waals surface area contributed by atoms with E-state index in [0.29, 0.717) is 0 Å². The van der Waals surface area contributed by atoms with E-state index in [-0.39, 0.29) is 6.17 Å². The van der Waals surface area contributed by atoms with Crippen molar-refractivity contribution in [1.29, 1.82) is 0 Å². The van der Waals surface area contributed by atoms with Crippen LogP contribution in [0.2, 0.25) is 5.02 Å². The van der Waals surface area contributed by atoms with E-state index in [1.165, 1.54) is 5.56 Å². The van der Waals surface area contributed by atoms with Gasteiger partial charge in [-0.1, -0.05) is 11.6 Å². The lowest BCUT2D eigenvalue weighted by molar-refractivity contribution is 0.320. The molecule has 14 heavy (non-hydrogen) atoms. The molecule has 4 heteroatoms. The minimum atomic E-state index is -0.0116. The van der Waals surface area contributed by atoms with E-state index in [4.69, 9.17) is 17.3 Å². The van der Waals surface area contributed by atoms with E-state index >= 15 is 0 Å². The van der Waals surface area contributed by atoms with Gasteiger partial charge < -0.3 is 11.1 Å². The van der Waals surface area contributed by atoms with Gasteiger partial charge in [-0.2, -0.15) is 0 Å². The molecule has 1 aliphatic heterocycles. The average Bonchev–Trinajstić information content (AvgIpc) is 2.21. The number of likely N-dealkylation sites (N-methyl/N-ethyl adjacent to an activating group) is 1. The molecular formula is C10H14ClN3. The zero-order valence-electron chi connectivity index (χ0n) is 8.13. The fourth-order valence-corrected chi connectivity index (χ4v) is 1.97. The number of benzene rings is 1. The van der Waals surface area contributed by atoms with E-state index in [2.05, 4.69) is 17.3 Å². The van der Waals surface area contributed by atoms with Crippen LogP contribution >= 0.6 is 11.6 Å². The largest absolute Gasteiger partial charge is 0.369 e. The zero-order valence-corrected chi connectivity index (χ0v) is 8.88. The number of hydrogen-bond acceptors (Lipinski definition) is 3. The molecule has 0 aliphatic carbocycles. The maximum Gasteiger partial charge on any atom is 0.0873 e. The van der Waals surface area contributed by atoms with Gasteiger partial charge in [-0.3, -0.25) is 4.90 Å². The van der Waals surface area contributed by atoms with Crippen LogP contribution in [-0.2, 0) is 6.54 Å². The first-order valence-electron chi connectivity index (χ1n) is 4.64. The molecular weight excluding hydrogens is 198 g/mol. The Labute approximate surface area is 88.8 Å². The van der Waals surface area contributed by atoms with Gasteiger partial charge in [-0.05, 0) is 30.8 Å². The van der Waals surface area contributed by atoms with Crippen molar-refractivity contribution in [3.05, 3.63) is 28.8 Å². The molecule has 1 aromatic rings. The Hall–Kier alpha value is -0.770. The second kappa shape index (κ2) is 3.77. The first-order valence-corrected chi connectivity index (χ1v) is 5.02. The fraction of sp³-hybridized carbons (Fsp3) is 0.400. The number of fused-ring (bicyclic) bond motifs is 1. The van der Waals surface area contributed by atoms with Crippen molar-refractivity contribution in [2.75, 3.05) is 18.9 Å². The number of nitrogens with one attached hydrogen (secondary N) is 1. The van der Waals surface area contributed by atoms with Gasteiger partial charge in [-0.15, -0.1) is 0 Å². The molecule has 3 nitrogen and oxygen atoms in total. The molecule has 1 unspecified atom stereocenters. The number of nitrogens with zero attached hydrogens (tertiary/aromatic N) is 1. The molecule has 76 valence electrons. The SMILES string of the molecule is CN1Cc2cc(Cl)ccc2NC(N)C1. The second-order valence-corrected chi connectivity index (χ2v) is 4.19. The number of rotatable bonds is 0. The van der Waals surface area contributed by atoms with Gasteiger partial charge in [-0.25, -0.2) is 0 Å². The predicted molar refractivity (Wildman–Crippen MR) is 59.4 cm³/mol. The molecule has 1 aliphatic rings. The molecule has 2 rings (SSSR count). The predicted octanol–water partition coefficient (Wildman–Crippen LogP) is 1.48. The van der Waals surface area contributed by atoms with Crippen LogP contribution in [0, 0.1) is 0 Å². The van der Waals surface area contributed by atoms with E-state index in [1.54, 1.807) is 0 Å².